The smallest absolute Gasteiger partial charge is 0.202 e. The first-order valence-corrected chi connectivity index (χ1v) is 15.2. The van der Waals surface area contributed by atoms with Crippen LogP contribution in [0.1, 0.15) is 94.8 Å². The Morgan fingerprint density at radius 3 is 2.18 bits per heavy atom. The SMILES string of the molecule is N#Cc1ccc(C(=NCC2CCCCC2)c2c(C=O)c(-c3ccc(C#N)s3)n(CC3CCCCC3)c2O)s1. The van der Waals surface area contributed by atoms with Crippen LogP contribution in [0.5, 0.6) is 5.88 Å². The highest BCUT2D eigenvalue weighted by molar-refractivity contribution is 7.16. The van der Waals surface area contributed by atoms with Gasteiger partial charge in [0.1, 0.15) is 21.9 Å². The number of carbonyl (C=O) groups is 1. The number of hydrogen-bond acceptors (Lipinski definition) is 7. The molecular formula is C30H32N4O2S2. The van der Waals surface area contributed by atoms with Gasteiger partial charge in [-0.2, -0.15) is 10.5 Å². The van der Waals surface area contributed by atoms with Crippen LogP contribution in [0.25, 0.3) is 10.6 Å². The standard InChI is InChI=1S/C30H32N4O2S2/c31-15-22-11-13-25(37-22)28(33-17-20-7-3-1-4-8-20)27-24(19-35)29(26-14-12-23(16-32)38-26)34(30(27)36)18-21-9-5-2-6-10-21/h11-14,19-21,36H,1-10,17-18H2. The Morgan fingerprint density at radius 2 is 1.58 bits per heavy atom. The quantitative estimate of drug-likeness (QED) is 0.234. The van der Waals surface area contributed by atoms with Gasteiger partial charge in [0, 0.05) is 13.1 Å². The second-order valence-corrected chi connectivity index (χ2v) is 12.6. The molecule has 3 aromatic heterocycles. The van der Waals surface area contributed by atoms with Crippen LogP contribution in [0, 0.1) is 34.5 Å². The third-order valence-electron chi connectivity index (χ3n) is 7.93. The molecule has 2 aliphatic carbocycles. The van der Waals surface area contributed by atoms with Crippen molar-refractivity contribution in [2.45, 2.75) is 70.8 Å². The number of nitriles is 2. The number of nitrogens with zero attached hydrogens (tertiary/aromatic N) is 4. The van der Waals surface area contributed by atoms with E-state index in [-0.39, 0.29) is 5.88 Å². The van der Waals surface area contributed by atoms with E-state index in [9.17, 15) is 20.4 Å². The largest absolute Gasteiger partial charge is 0.494 e. The Hall–Kier alpha value is -3.20. The van der Waals surface area contributed by atoms with Crippen molar-refractivity contribution >= 4 is 34.7 Å². The van der Waals surface area contributed by atoms with Crippen LogP contribution in [-0.4, -0.2) is 28.2 Å². The van der Waals surface area contributed by atoms with Gasteiger partial charge < -0.3 is 9.67 Å². The minimum Gasteiger partial charge on any atom is -0.494 e. The zero-order valence-electron chi connectivity index (χ0n) is 21.5. The molecule has 3 aromatic rings. The van der Waals surface area contributed by atoms with Crippen LogP contribution in [0.4, 0.5) is 0 Å². The van der Waals surface area contributed by atoms with Crippen LogP contribution >= 0.6 is 22.7 Å². The number of aromatic nitrogens is 1. The molecule has 0 amide bonds. The van der Waals surface area contributed by atoms with Crippen molar-refractivity contribution in [3.05, 3.63) is 50.0 Å². The average Bonchev–Trinajstić information content (AvgIpc) is 3.69. The molecule has 6 nitrogen and oxygen atoms in total. The molecule has 2 fully saturated rings. The van der Waals surface area contributed by atoms with E-state index in [0.717, 1.165) is 41.7 Å². The van der Waals surface area contributed by atoms with Crippen LogP contribution < -0.4 is 0 Å². The normalized spacial score (nSPS) is 17.3. The summed E-state index contributed by atoms with van der Waals surface area (Å²) in [7, 11) is 0. The zero-order chi connectivity index (χ0) is 26.5. The summed E-state index contributed by atoms with van der Waals surface area (Å²) in [5.41, 5.74) is 2.09. The molecular weight excluding hydrogens is 512 g/mol. The minimum absolute atomic E-state index is 0.0499. The molecule has 2 saturated carbocycles. The third-order valence-corrected chi connectivity index (χ3v) is 9.92. The number of carbonyl (C=O) groups excluding carboxylic acids is 1. The molecule has 0 aromatic carbocycles. The second kappa shape index (κ2) is 12.1. The molecule has 3 heterocycles. The molecule has 0 radical (unpaired) electrons. The number of aromatic hydroxyl groups is 1. The zero-order valence-corrected chi connectivity index (χ0v) is 23.1. The fraction of sp³-hybridized carbons (Fsp3) is 0.467. The lowest BCUT2D eigenvalue weighted by atomic mass is 9.89. The predicted molar refractivity (Wildman–Crippen MR) is 152 cm³/mol. The van der Waals surface area contributed by atoms with Gasteiger partial charge in [-0.1, -0.05) is 38.5 Å². The van der Waals surface area contributed by atoms with Gasteiger partial charge in [0.25, 0.3) is 0 Å². The van der Waals surface area contributed by atoms with E-state index in [0.29, 0.717) is 57.2 Å². The first-order valence-electron chi connectivity index (χ1n) is 13.6. The molecule has 0 unspecified atom stereocenters. The Bertz CT molecular complexity index is 1400. The summed E-state index contributed by atoms with van der Waals surface area (Å²) >= 11 is 2.67. The molecule has 0 spiro atoms. The monoisotopic (exact) mass is 544 g/mol. The van der Waals surface area contributed by atoms with Crippen LogP contribution in [0.3, 0.4) is 0 Å². The van der Waals surface area contributed by atoms with Gasteiger partial charge in [-0.15, -0.1) is 22.7 Å². The van der Waals surface area contributed by atoms with Crippen molar-refractivity contribution in [1.29, 1.82) is 10.5 Å². The van der Waals surface area contributed by atoms with E-state index in [2.05, 4.69) is 12.1 Å². The number of aldehydes is 1. The highest BCUT2D eigenvalue weighted by atomic mass is 32.1. The molecule has 2 aliphatic rings. The average molecular weight is 545 g/mol. The topological polar surface area (TPSA) is 102 Å². The van der Waals surface area contributed by atoms with Gasteiger partial charge in [-0.25, -0.2) is 0 Å². The van der Waals surface area contributed by atoms with Gasteiger partial charge in [-0.3, -0.25) is 9.79 Å². The van der Waals surface area contributed by atoms with Crippen LogP contribution in [0.15, 0.2) is 29.3 Å². The lowest BCUT2D eigenvalue weighted by Gasteiger charge is -2.23. The van der Waals surface area contributed by atoms with Crippen molar-refractivity contribution in [3.63, 3.8) is 0 Å². The van der Waals surface area contributed by atoms with E-state index in [1.165, 1.54) is 61.2 Å². The number of hydrogen-bond donors (Lipinski definition) is 1. The van der Waals surface area contributed by atoms with Gasteiger partial charge in [0.15, 0.2) is 6.29 Å². The van der Waals surface area contributed by atoms with Gasteiger partial charge in [0.2, 0.25) is 5.88 Å². The van der Waals surface area contributed by atoms with Crippen LogP contribution in [-0.2, 0) is 6.54 Å². The van der Waals surface area contributed by atoms with Gasteiger partial charge in [0.05, 0.1) is 32.3 Å². The molecule has 0 saturated heterocycles. The Labute approximate surface area is 231 Å². The van der Waals surface area contributed by atoms with Crippen LogP contribution in [0.2, 0.25) is 0 Å². The minimum atomic E-state index is 0.0499. The fourth-order valence-corrected chi connectivity index (χ4v) is 7.66. The molecule has 196 valence electrons. The van der Waals surface area contributed by atoms with Crippen molar-refractivity contribution in [1.82, 2.24) is 4.57 Å². The summed E-state index contributed by atoms with van der Waals surface area (Å²) in [5, 5.41) is 30.8. The second-order valence-electron chi connectivity index (χ2n) is 10.4. The van der Waals surface area contributed by atoms with Crippen molar-refractivity contribution in [2.75, 3.05) is 6.54 Å². The molecule has 38 heavy (non-hydrogen) atoms. The van der Waals surface area contributed by atoms with Gasteiger partial charge >= 0.3 is 0 Å². The maximum absolute atomic E-state index is 12.8. The highest BCUT2D eigenvalue weighted by Crippen LogP contribution is 2.42. The summed E-state index contributed by atoms with van der Waals surface area (Å²) in [4.78, 5) is 20.5. The first kappa shape index (κ1) is 26.4. The van der Waals surface area contributed by atoms with Crippen molar-refractivity contribution < 1.29 is 9.90 Å². The van der Waals surface area contributed by atoms with E-state index in [1.807, 2.05) is 16.7 Å². The predicted octanol–water partition coefficient (Wildman–Crippen LogP) is 7.54. The van der Waals surface area contributed by atoms with Crippen molar-refractivity contribution in [2.24, 2.45) is 16.8 Å². The molecule has 1 N–H and O–H groups in total. The van der Waals surface area contributed by atoms with Crippen molar-refractivity contribution in [3.8, 4) is 28.6 Å². The summed E-state index contributed by atoms with van der Waals surface area (Å²) in [6.45, 7) is 1.25. The molecule has 0 bridgehead atoms. The maximum atomic E-state index is 12.8. The molecule has 5 rings (SSSR count). The Morgan fingerprint density at radius 1 is 0.947 bits per heavy atom. The van der Waals surface area contributed by atoms with E-state index >= 15 is 0 Å². The van der Waals surface area contributed by atoms with E-state index < -0.39 is 0 Å². The lowest BCUT2D eigenvalue weighted by molar-refractivity contribution is 0.112. The summed E-state index contributed by atoms with van der Waals surface area (Å²) in [6.07, 6.45) is 12.5. The number of rotatable bonds is 8. The van der Waals surface area contributed by atoms with E-state index in [4.69, 9.17) is 4.99 Å². The fourth-order valence-electron chi connectivity index (χ4n) is 5.97. The maximum Gasteiger partial charge on any atom is 0.202 e. The highest BCUT2D eigenvalue weighted by Gasteiger charge is 2.30. The van der Waals surface area contributed by atoms with E-state index in [1.54, 1.807) is 12.1 Å². The molecule has 8 heteroatoms. The lowest BCUT2D eigenvalue weighted by Crippen LogP contribution is -2.15. The summed E-state index contributed by atoms with van der Waals surface area (Å²) < 4.78 is 1.89. The molecule has 0 atom stereocenters. The number of aliphatic imine (C=N–C) groups is 1. The summed E-state index contributed by atoms with van der Waals surface area (Å²) in [5.74, 6) is 0.947. The Kier molecular flexibility index (Phi) is 8.42. The first-order chi connectivity index (χ1) is 18.6. The Balaban J connectivity index is 1.67. The van der Waals surface area contributed by atoms with Gasteiger partial charge in [-0.05, 0) is 61.8 Å². The third kappa shape index (κ3) is 5.48. The number of thiophene rings is 2. The summed E-state index contributed by atoms with van der Waals surface area (Å²) in [6, 6.07) is 11.7. The molecule has 0 aliphatic heterocycles.